The maximum atomic E-state index is 12.3. The summed E-state index contributed by atoms with van der Waals surface area (Å²) in [4.78, 5) is 14.5. The number of halogens is 1. The topological polar surface area (TPSA) is 32.3 Å². The molecule has 2 heterocycles. The van der Waals surface area contributed by atoms with E-state index in [0.717, 1.165) is 25.3 Å². The van der Waals surface area contributed by atoms with Crippen LogP contribution >= 0.6 is 24.2 Å². The van der Waals surface area contributed by atoms with Gasteiger partial charge in [0.2, 0.25) is 5.91 Å². The zero-order valence-corrected chi connectivity index (χ0v) is 12.8. The first kappa shape index (κ1) is 16.1. The summed E-state index contributed by atoms with van der Waals surface area (Å²) in [6.45, 7) is 4.24. The van der Waals surface area contributed by atoms with Gasteiger partial charge in [0, 0.05) is 43.1 Å². The lowest BCUT2D eigenvalue weighted by molar-refractivity contribution is -0.135. The number of nitrogens with one attached hydrogen (secondary N) is 1. The third-order valence-corrected chi connectivity index (χ3v) is 4.97. The molecule has 0 radical (unpaired) electrons. The summed E-state index contributed by atoms with van der Waals surface area (Å²) in [6, 6.07) is 0.910. The van der Waals surface area contributed by atoms with Crippen molar-refractivity contribution in [3.8, 4) is 0 Å². The third-order valence-electron chi connectivity index (χ3n) is 3.84. The maximum Gasteiger partial charge on any atom is 0.224 e. The minimum absolute atomic E-state index is 0. The van der Waals surface area contributed by atoms with E-state index in [1.54, 1.807) is 0 Å². The van der Waals surface area contributed by atoms with Crippen LogP contribution in [0.15, 0.2) is 0 Å². The molecule has 2 atom stereocenters. The number of nitrogens with zero attached hydrogens (tertiary/aromatic N) is 1. The molecule has 0 saturated carbocycles. The molecule has 2 aliphatic rings. The van der Waals surface area contributed by atoms with Crippen molar-refractivity contribution in [2.45, 2.75) is 51.1 Å². The maximum absolute atomic E-state index is 12.3. The first-order valence-corrected chi connectivity index (χ1v) is 8.07. The van der Waals surface area contributed by atoms with E-state index in [1.807, 2.05) is 11.8 Å². The van der Waals surface area contributed by atoms with Crippen LogP contribution in [-0.2, 0) is 4.79 Å². The normalized spacial score (nSPS) is 28.6. The molecule has 0 aromatic carbocycles. The van der Waals surface area contributed by atoms with Gasteiger partial charge in [-0.05, 0) is 25.7 Å². The smallest absolute Gasteiger partial charge is 0.224 e. The Morgan fingerprint density at radius 3 is 2.94 bits per heavy atom. The van der Waals surface area contributed by atoms with Crippen molar-refractivity contribution in [2.24, 2.45) is 0 Å². The number of carbonyl (C=O) groups is 1. The van der Waals surface area contributed by atoms with E-state index in [2.05, 4.69) is 17.1 Å². The van der Waals surface area contributed by atoms with Gasteiger partial charge in [-0.2, -0.15) is 11.8 Å². The van der Waals surface area contributed by atoms with Gasteiger partial charge < -0.3 is 10.2 Å². The Morgan fingerprint density at radius 2 is 2.28 bits per heavy atom. The van der Waals surface area contributed by atoms with Crippen LogP contribution in [0, 0.1) is 0 Å². The van der Waals surface area contributed by atoms with Crippen molar-refractivity contribution in [3.63, 3.8) is 0 Å². The Morgan fingerprint density at radius 1 is 1.44 bits per heavy atom. The van der Waals surface area contributed by atoms with E-state index in [4.69, 9.17) is 0 Å². The number of hydrogen-bond acceptors (Lipinski definition) is 3. The van der Waals surface area contributed by atoms with E-state index in [0.29, 0.717) is 24.4 Å². The highest BCUT2D eigenvalue weighted by atomic mass is 35.5. The van der Waals surface area contributed by atoms with Gasteiger partial charge in [-0.15, -0.1) is 12.4 Å². The fourth-order valence-corrected chi connectivity index (χ4v) is 3.78. The van der Waals surface area contributed by atoms with Crippen molar-refractivity contribution in [3.05, 3.63) is 0 Å². The molecular formula is C13H25ClN2OS. The predicted molar refractivity (Wildman–Crippen MR) is 80.6 cm³/mol. The van der Waals surface area contributed by atoms with Crippen LogP contribution in [0.2, 0.25) is 0 Å². The second-order valence-electron chi connectivity index (χ2n) is 5.08. The van der Waals surface area contributed by atoms with Crippen LogP contribution in [-0.4, -0.2) is 47.5 Å². The Bertz CT molecular complexity index is 259. The number of thioether (sulfide) groups is 1. The van der Waals surface area contributed by atoms with Crippen LogP contribution in [0.1, 0.15) is 39.0 Å². The zero-order valence-electron chi connectivity index (χ0n) is 11.2. The van der Waals surface area contributed by atoms with Crippen molar-refractivity contribution >= 4 is 30.1 Å². The summed E-state index contributed by atoms with van der Waals surface area (Å²) in [5, 5.41) is 3.45. The lowest BCUT2D eigenvalue weighted by atomic mass is 9.99. The van der Waals surface area contributed by atoms with Crippen molar-refractivity contribution in [2.75, 3.05) is 24.6 Å². The van der Waals surface area contributed by atoms with Crippen LogP contribution in [0.25, 0.3) is 0 Å². The quantitative estimate of drug-likeness (QED) is 0.866. The summed E-state index contributed by atoms with van der Waals surface area (Å²) in [6.07, 6.45) is 5.49. The van der Waals surface area contributed by atoms with Gasteiger partial charge in [0.05, 0.1) is 0 Å². The molecule has 0 spiro atoms. The minimum atomic E-state index is 0. The molecule has 2 unspecified atom stereocenters. The lowest BCUT2D eigenvalue weighted by Gasteiger charge is -2.36. The fourth-order valence-electron chi connectivity index (χ4n) is 2.83. The standard InChI is InChI=1S/C13H24N2OS.ClH/c1-2-12-5-3-4-7-15(12)13(16)9-11-10-17-8-6-14-11;/h11-12,14H,2-10H2,1H3;1H. The largest absolute Gasteiger partial charge is 0.340 e. The highest BCUT2D eigenvalue weighted by Gasteiger charge is 2.27. The molecule has 1 N–H and O–H groups in total. The van der Waals surface area contributed by atoms with Gasteiger partial charge in [-0.25, -0.2) is 0 Å². The molecule has 1 amide bonds. The summed E-state index contributed by atoms with van der Waals surface area (Å²) < 4.78 is 0. The Kier molecular flexibility index (Phi) is 7.42. The fraction of sp³-hybridized carbons (Fsp3) is 0.923. The van der Waals surface area contributed by atoms with E-state index < -0.39 is 0 Å². The number of rotatable bonds is 3. The average Bonchev–Trinajstić information content (AvgIpc) is 2.40. The monoisotopic (exact) mass is 292 g/mol. The summed E-state index contributed by atoms with van der Waals surface area (Å²) >= 11 is 1.96. The molecule has 2 aliphatic heterocycles. The first-order valence-electron chi connectivity index (χ1n) is 6.92. The second kappa shape index (κ2) is 8.28. The minimum Gasteiger partial charge on any atom is -0.340 e. The van der Waals surface area contributed by atoms with Gasteiger partial charge in [0.1, 0.15) is 0 Å². The first-order chi connectivity index (χ1) is 8.31. The molecule has 0 aromatic rings. The lowest BCUT2D eigenvalue weighted by Crippen LogP contribution is -2.47. The van der Waals surface area contributed by atoms with E-state index in [-0.39, 0.29) is 12.4 Å². The zero-order chi connectivity index (χ0) is 12.1. The third kappa shape index (κ3) is 4.32. The van der Waals surface area contributed by atoms with E-state index >= 15 is 0 Å². The molecule has 0 aromatic heterocycles. The average molecular weight is 293 g/mol. The summed E-state index contributed by atoms with van der Waals surface area (Å²) in [7, 11) is 0. The van der Waals surface area contributed by atoms with Crippen LogP contribution < -0.4 is 5.32 Å². The molecule has 5 heteroatoms. The molecule has 3 nitrogen and oxygen atoms in total. The second-order valence-corrected chi connectivity index (χ2v) is 6.22. The van der Waals surface area contributed by atoms with Crippen LogP contribution in [0.4, 0.5) is 0 Å². The van der Waals surface area contributed by atoms with Gasteiger partial charge in [0.15, 0.2) is 0 Å². The molecule has 2 rings (SSSR count). The molecule has 0 bridgehead atoms. The molecule has 18 heavy (non-hydrogen) atoms. The molecule has 0 aliphatic carbocycles. The SMILES string of the molecule is CCC1CCCCN1C(=O)CC1CSCCN1.Cl. The summed E-state index contributed by atoms with van der Waals surface area (Å²) in [5.74, 6) is 2.65. The number of piperidine rings is 1. The molecule has 106 valence electrons. The molecule has 2 fully saturated rings. The highest BCUT2D eigenvalue weighted by Crippen LogP contribution is 2.21. The van der Waals surface area contributed by atoms with Crippen LogP contribution in [0.3, 0.4) is 0 Å². The Balaban J connectivity index is 0.00000162. The van der Waals surface area contributed by atoms with Crippen LogP contribution in [0.5, 0.6) is 0 Å². The number of likely N-dealkylation sites (tertiary alicyclic amines) is 1. The molecule has 2 saturated heterocycles. The highest BCUT2D eigenvalue weighted by molar-refractivity contribution is 7.99. The van der Waals surface area contributed by atoms with Gasteiger partial charge in [-0.3, -0.25) is 4.79 Å². The Hall–Kier alpha value is 0.0700. The van der Waals surface area contributed by atoms with Crippen molar-refractivity contribution in [1.29, 1.82) is 0 Å². The van der Waals surface area contributed by atoms with Gasteiger partial charge in [0.25, 0.3) is 0 Å². The Labute approximate surface area is 121 Å². The number of carbonyl (C=O) groups excluding carboxylic acids is 1. The number of hydrogen-bond donors (Lipinski definition) is 1. The van der Waals surface area contributed by atoms with Crippen molar-refractivity contribution < 1.29 is 4.79 Å². The van der Waals surface area contributed by atoms with Gasteiger partial charge >= 0.3 is 0 Å². The van der Waals surface area contributed by atoms with Gasteiger partial charge in [-0.1, -0.05) is 6.92 Å². The van der Waals surface area contributed by atoms with Crippen molar-refractivity contribution in [1.82, 2.24) is 10.2 Å². The molecular weight excluding hydrogens is 268 g/mol. The van der Waals surface area contributed by atoms with E-state index in [1.165, 1.54) is 25.0 Å². The predicted octanol–water partition coefficient (Wildman–Crippen LogP) is 2.29. The van der Waals surface area contributed by atoms with E-state index in [9.17, 15) is 4.79 Å². The summed E-state index contributed by atoms with van der Waals surface area (Å²) in [5.41, 5.74) is 0. The number of amides is 1.